The summed E-state index contributed by atoms with van der Waals surface area (Å²) in [6.07, 6.45) is -1.60. The van der Waals surface area contributed by atoms with Crippen LogP contribution in [0.4, 0.5) is 4.39 Å². The molecule has 32 heavy (non-hydrogen) atoms. The third-order valence-corrected chi connectivity index (χ3v) is 6.05. The van der Waals surface area contributed by atoms with Gasteiger partial charge in [0, 0.05) is 13.2 Å². The lowest BCUT2D eigenvalue weighted by Gasteiger charge is -2.45. The van der Waals surface area contributed by atoms with Crippen LogP contribution >= 0.6 is 0 Å². The van der Waals surface area contributed by atoms with Gasteiger partial charge in [-0.25, -0.2) is 4.39 Å². The SMILES string of the molecule is C[C@@H](O)[C@H]1[C@@H](O)[C@H](O)[C@@H](O)CN1CCCCCOCc1ccc(-c2cccc(F)c2)cc1. The van der Waals surface area contributed by atoms with Crippen molar-refractivity contribution in [1.29, 1.82) is 0 Å². The zero-order valence-electron chi connectivity index (χ0n) is 18.5. The standard InChI is InChI=1S/C25H34FNO5/c1-17(28)23-25(31)24(30)22(29)15-27(23)12-3-2-4-13-32-16-18-8-10-19(11-9-18)20-6-5-7-21(26)14-20/h5-11,14,17,22-25,28-31H,2-4,12-13,15-16H2,1H3/t17-,22+,23+,24-,25-/m1/s1. The van der Waals surface area contributed by atoms with Crippen molar-refractivity contribution in [2.75, 3.05) is 19.7 Å². The Morgan fingerprint density at radius 2 is 1.75 bits per heavy atom. The normalized spacial score (nSPS) is 25.1. The topological polar surface area (TPSA) is 93.4 Å². The van der Waals surface area contributed by atoms with Crippen LogP contribution in [0.5, 0.6) is 0 Å². The summed E-state index contributed by atoms with van der Waals surface area (Å²) in [6, 6.07) is 13.8. The lowest BCUT2D eigenvalue weighted by Crippen LogP contribution is -2.64. The predicted molar refractivity (Wildman–Crippen MR) is 120 cm³/mol. The third-order valence-electron chi connectivity index (χ3n) is 6.05. The summed E-state index contributed by atoms with van der Waals surface area (Å²) >= 11 is 0. The second-order valence-corrected chi connectivity index (χ2v) is 8.60. The van der Waals surface area contributed by atoms with Crippen molar-refractivity contribution in [3.63, 3.8) is 0 Å². The molecule has 2 aromatic rings. The number of nitrogens with zero attached hydrogens (tertiary/aromatic N) is 1. The number of hydrogen-bond acceptors (Lipinski definition) is 6. The molecule has 1 aliphatic heterocycles. The van der Waals surface area contributed by atoms with E-state index < -0.39 is 30.5 Å². The van der Waals surface area contributed by atoms with Crippen LogP contribution in [0.25, 0.3) is 11.1 Å². The summed E-state index contributed by atoms with van der Waals surface area (Å²) < 4.78 is 19.1. The molecule has 0 amide bonds. The highest BCUT2D eigenvalue weighted by Gasteiger charge is 2.43. The Kier molecular flexibility index (Phi) is 9.16. The van der Waals surface area contributed by atoms with Crippen LogP contribution in [0.3, 0.4) is 0 Å². The average molecular weight is 448 g/mol. The van der Waals surface area contributed by atoms with E-state index in [9.17, 15) is 24.8 Å². The maximum atomic E-state index is 13.4. The summed E-state index contributed by atoms with van der Waals surface area (Å²) in [4.78, 5) is 1.85. The maximum absolute atomic E-state index is 13.4. The van der Waals surface area contributed by atoms with Crippen LogP contribution in [-0.2, 0) is 11.3 Å². The minimum atomic E-state index is -1.23. The maximum Gasteiger partial charge on any atom is 0.123 e. The lowest BCUT2D eigenvalue weighted by atomic mass is 9.90. The van der Waals surface area contributed by atoms with Crippen molar-refractivity contribution >= 4 is 0 Å². The van der Waals surface area contributed by atoms with Gasteiger partial charge in [-0.05, 0) is 61.6 Å². The lowest BCUT2D eigenvalue weighted by molar-refractivity contribution is -0.157. The average Bonchev–Trinajstić information content (AvgIpc) is 2.77. The third kappa shape index (κ3) is 6.57. The minimum Gasteiger partial charge on any atom is -0.392 e. The fraction of sp³-hybridized carbons (Fsp3) is 0.520. The molecule has 2 aromatic carbocycles. The highest BCUT2D eigenvalue weighted by atomic mass is 19.1. The molecule has 1 saturated heterocycles. The van der Waals surface area contributed by atoms with E-state index in [1.807, 2.05) is 35.2 Å². The van der Waals surface area contributed by atoms with Crippen molar-refractivity contribution < 1.29 is 29.6 Å². The summed E-state index contributed by atoms with van der Waals surface area (Å²) in [6.45, 7) is 3.57. The van der Waals surface area contributed by atoms with Gasteiger partial charge in [0.05, 0.1) is 24.9 Å². The van der Waals surface area contributed by atoms with Crippen LogP contribution in [0.15, 0.2) is 48.5 Å². The van der Waals surface area contributed by atoms with Crippen molar-refractivity contribution in [3.05, 3.63) is 59.9 Å². The highest BCUT2D eigenvalue weighted by Crippen LogP contribution is 2.23. The second kappa shape index (κ2) is 11.8. The number of β-amino-alcohol motifs (C(OH)–C–C–N with tert-alkyl or cyclic N) is 1. The molecule has 0 saturated carbocycles. The zero-order chi connectivity index (χ0) is 23.1. The number of aliphatic hydroxyl groups is 4. The van der Waals surface area contributed by atoms with E-state index >= 15 is 0 Å². The van der Waals surface area contributed by atoms with Crippen LogP contribution < -0.4 is 0 Å². The van der Waals surface area contributed by atoms with Crippen LogP contribution in [-0.4, -0.2) is 75.5 Å². The van der Waals surface area contributed by atoms with Gasteiger partial charge in [0.2, 0.25) is 0 Å². The number of halogens is 1. The Morgan fingerprint density at radius 3 is 2.44 bits per heavy atom. The van der Waals surface area contributed by atoms with Gasteiger partial charge in [-0.1, -0.05) is 36.4 Å². The zero-order valence-corrected chi connectivity index (χ0v) is 18.5. The molecule has 0 unspecified atom stereocenters. The van der Waals surface area contributed by atoms with E-state index in [1.165, 1.54) is 12.1 Å². The molecule has 0 radical (unpaired) electrons. The van der Waals surface area contributed by atoms with Gasteiger partial charge in [-0.15, -0.1) is 0 Å². The molecule has 0 bridgehead atoms. The van der Waals surface area contributed by atoms with Crippen molar-refractivity contribution in [1.82, 2.24) is 4.90 Å². The molecule has 5 atom stereocenters. The largest absolute Gasteiger partial charge is 0.392 e. The first-order valence-corrected chi connectivity index (χ1v) is 11.3. The Morgan fingerprint density at radius 1 is 1.00 bits per heavy atom. The van der Waals surface area contributed by atoms with Crippen LogP contribution in [0.1, 0.15) is 31.7 Å². The van der Waals surface area contributed by atoms with Gasteiger partial charge in [-0.2, -0.15) is 0 Å². The minimum absolute atomic E-state index is 0.232. The Balaban J connectivity index is 1.34. The van der Waals surface area contributed by atoms with E-state index in [-0.39, 0.29) is 12.4 Å². The van der Waals surface area contributed by atoms with Crippen molar-refractivity contribution in [3.8, 4) is 11.1 Å². The predicted octanol–water partition coefficient (Wildman–Crippen LogP) is 2.33. The monoisotopic (exact) mass is 447 g/mol. The molecular formula is C25H34FNO5. The van der Waals surface area contributed by atoms with Gasteiger partial charge in [-0.3, -0.25) is 4.90 Å². The summed E-state index contributed by atoms with van der Waals surface area (Å²) in [5, 5.41) is 39.9. The Hall–Kier alpha value is -1.87. The number of ether oxygens (including phenoxy) is 1. The number of hydrogen-bond donors (Lipinski definition) is 4. The first-order chi connectivity index (χ1) is 15.4. The van der Waals surface area contributed by atoms with Gasteiger partial charge in [0.1, 0.15) is 18.0 Å². The van der Waals surface area contributed by atoms with Crippen LogP contribution in [0.2, 0.25) is 0 Å². The number of likely N-dealkylation sites (tertiary alicyclic amines) is 1. The number of piperidine rings is 1. The quantitative estimate of drug-likeness (QED) is 0.418. The van der Waals surface area contributed by atoms with Gasteiger partial charge in [0.25, 0.3) is 0 Å². The number of aliphatic hydroxyl groups excluding tert-OH is 4. The van der Waals surface area contributed by atoms with Crippen molar-refractivity contribution in [2.24, 2.45) is 0 Å². The van der Waals surface area contributed by atoms with Crippen LogP contribution in [0, 0.1) is 5.82 Å². The molecule has 176 valence electrons. The molecule has 1 heterocycles. The summed E-state index contributed by atoms with van der Waals surface area (Å²) in [7, 11) is 0. The van der Waals surface area contributed by atoms with Gasteiger partial charge in [0.15, 0.2) is 0 Å². The van der Waals surface area contributed by atoms with Gasteiger partial charge < -0.3 is 25.2 Å². The number of unbranched alkanes of at least 4 members (excludes halogenated alkanes) is 2. The molecular weight excluding hydrogens is 413 g/mol. The molecule has 0 aliphatic carbocycles. The van der Waals surface area contributed by atoms with Gasteiger partial charge >= 0.3 is 0 Å². The first kappa shape index (κ1) is 24.8. The molecule has 1 fully saturated rings. The smallest absolute Gasteiger partial charge is 0.123 e. The fourth-order valence-corrected chi connectivity index (χ4v) is 4.29. The van der Waals surface area contributed by atoms with E-state index in [2.05, 4.69) is 0 Å². The van der Waals surface area contributed by atoms with Crippen molar-refractivity contribution in [2.45, 2.75) is 63.3 Å². The molecule has 3 rings (SSSR count). The Bertz CT molecular complexity index is 831. The number of benzene rings is 2. The van der Waals surface area contributed by atoms with E-state index in [1.54, 1.807) is 13.0 Å². The molecule has 7 heteroatoms. The Labute approximate surface area is 188 Å². The molecule has 0 aromatic heterocycles. The first-order valence-electron chi connectivity index (χ1n) is 11.3. The molecule has 4 N–H and O–H groups in total. The number of rotatable bonds is 10. The van der Waals surface area contributed by atoms with E-state index in [0.717, 1.165) is 36.0 Å². The molecule has 6 nitrogen and oxygen atoms in total. The van der Waals surface area contributed by atoms with E-state index in [0.29, 0.717) is 19.8 Å². The van der Waals surface area contributed by atoms with E-state index in [4.69, 9.17) is 4.74 Å². The molecule has 0 spiro atoms. The fourth-order valence-electron chi connectivity index (χ4n) is 4.29. The molecule has 1 aliphatic rings. The highest BCUT2D eigenvalue weighted by molar-refractivity contribution is 5.63. The summed E-state index contributed by atoms with van der Waals surface area (Å²) in [5.74, 6) is -0.249. The second-order valence-electron chi connectivity index (χ2n) is 8.60. The summed E-state index contributed by atoms with van der Waals surface area (Å²) in [5.41, 5.74) is 2.86.